The summed E-state index contributed by atoms with van der Waals surface area (Å²) in [5, 5.41) is 13.2. The maximum atomic E-state index is 6.52. The first-order valence-electron chi connectivity index (χ1n) is 46.4. The van der Waals surface area contributed by atoms with Crippen molar-refractivity contribution in [3.63, 3.8) is 0 Å². The third kappa shape index (κ3) is 14.0. The largest absolute Gasteiger partial charge is 0.435 e. The summed E-state index contributed by atoms with van der Waals surface area (Å²) in [7, 11) is 0. The third-order valence-corrected chi connectivity index (χ3v) is 27.0. The molecule has 0 bridgehead atoms. The van der Waals surface area contributed by atoms with Gasteiger partial charge >= 0.3 is 0 Å². The van der Waals surface area contributed by atoms with Gasteiger partial charge in [0.2, 0.25) is 17.7 Å². The minimum absolute atomic E-state index is 0.116. The minimum atomic E-state index is -0.116. The molecule has 27 aromatic rings. The van der Waals surface area contributed by atoms with E-state index in [4.69, 9.17) is 58.1 Å². The monoisotopic (exact) mass is 1770 g/mol. The first-order valence-corrected chi connectivity index (χ1v) is 46.4. The lowest BCUT2D eigenvalue weighted by atomic mass is 9.81. The van der Waals surface area contributed by atoms with Gasteiger partial charge in [0.05, 0.1) is 67.3 Å². The fraction of sp³-hybridized carbons (Fsp3) is 0.0238. The first kappa shape index (κ1) is 80.5. The van der Waals surface area contributed by atoms with Crippen molar-refractivity contribution >= 4 is 131 Å². The summed E-state index contributed by atoms with van der Waals surface area (Å²) in [6.07, 6.45) is 0. The molecule has 0 aliphatic heterocycles. The Balaban J connectivity index is 0.000000107. The predicted molar refractivity (Wildman–Crippen MR) is 564 cm³/mol. The molecule has 21 aromatic carbocycles. The number of oxazole rings is 3. The summed E-state index contributed by atoms with van der Waals surface area (Å²) in [5.74, 6) is 1.87. The normalized spacial score (nSPS) is 12.2. The molecule has 0 atom stereocenters. The van der Waals surface area contributed by atoms with Gasteiger partial charge in [-0.25, -0.2) is 44.9 Å². The maximum Gasteiger partial charge on any atom is 0.227 e. The number of hydrogen-bond acceptors (Lipinski definition) is 12. The highest BCUT2D eigenvalue weighted by atomic mass is 16.4. The lowest BCUT2D eigenvalue weighted by Gasteiger charge is -2.22. The number of aromatic nitrogens is 9. The van der Waals surface area contributed by atoms with Crippen molar-refractivity contribution < 1.29 is 13.3 Å². The van der Waals surface area contributed by atoms with Crippen molar-refractivity contribution in [3.05, 3.63) is 454 Å². The molecule has 0 saturated heterocycles. The van der Waals surface area contributed by atoms with E-state index in [9.17, 15) is 0 Å². The average molecular weight is 1770 g/mol. The number of hydrogen-bond donors (Lipinski definition) is 0. The highest BCUT2D eigenvalue weighted by molar-refractivity contribution is 6.22. The SMILES string of the molecule is CC1(C)c2ccccc2-c2ccc(-c3nc4ccccc4nc3-c3ccc4ccc5ccc6nc(-c7ccccc7)oc6c5c4c3)cc21.c1ccc(-c2nc3ccc4ccc5cc(-c6cccc7nc(-c8ccccc8)c(-c8ccccc8)nc67)ccc5c4c3o2)cc1.c1ccc(-c2nc3ccc4ccc5ccc(-c6cccc7nc(-c8ccccc8)c(-c8ccccc8)nc67)cc5c4c3o2)cc1. The zero-order chi connectivity index (χ0) is 91.5. The highest BCUT2D eigenvalue weighted by Gasteiger charge is 2.36. The Morgan fingerprint density at radius 3 is 0.920 bits per heavy atom. The molecule has 646 valence electrons. The average Bonchev–Trinajstić information content (AvgIpc) is 1.50. The highest BCUT2D eigenvalue weighted by Crippen LogP contribution is 2.52. The molecule has 12 nitrogen and oxygen atoms in total. The summed E-state index contributed by atoms with van der Waals surface area (Å²) in [5.41, 5.74) is 33.9. The van der Waals surface area contributed by atoms with Crippen LogP contribution in [0.25, 0.3) is 266 Å². The lowest BCUT2D eigenvalue weighted by molar-refractivity contribution is 0.623. The van der Waals surface area contributed by atoms with Gasteiger partial charge in [-0.1, -0.05) is 354 Å². The number of nitrogens with zero attached hydrogens (tertiary/aromatic N) is 9. The molecule has 1 aliphatic carbocycles. The molecule has 0 spiro atoms. The molecule has 0 fully saturated rings. The van der Waals surface area contributed by atoms with Gasteiger partial charge < -0.3 is 13.3 Å². The Morgan fingerprint density at radius 2 is 0.471 bits per heavy atom. The molecule has 0 unspecified atom stereocenters. The molecular weight excluding hydrogens is 1690 g/mol. The van der Waals surface area contributed by atoms with Crippen LogP contribution in [0.5, 0.6) is 0 Å². The third-order valence-electron chi connectivity index (χ3n) is 27.0. The van der Waals surface area contributed by atoms with E-state index in [1.165, 1.54) is 22.3 Å². The van der Waals surface area contributed by atoms with Crippen LogP contribution in [0.3, 0.4) is 0 Å². The number of fused-ring (bicyclic) bond motifs is 21. The van der Waals surface area contributed by atoms with E-state index in [0.29, 0.717) is 17.7 Å². The van der Waals surface area contributed by atoms with E-state index >= 15 is 0 Å². The Labute approximate surface area is 792 Å². The van der Waals surface area contributed by atoms with Gasteiger partial charge in [-0.15, -0.1) is 0 Å². The van der Waals surface area contributed by atoms with Gasteiger partial charge in [0.1, 0.15) is 16.6 Å². The van der Waals surface area contributed by atoms with Gasteiger partial charge in [-0.2, -0.15) is 0 Å². The van der Waals surface area contributed by atoms with Crippen molar-refractivity contribution in [3.8, 4) is 135 Å². The zero-order valence-electron chi connectivity index (χ0n) is 74.9. The number of rotatable bonds is 11. The summed E-state index contributed by atoms with van der Waals surface area (Å²) in [6, 6.07) is 153. The molecule has 0 saturated carbocycles. The second kappa shape index (κ2) is 33.1. The fourth-order valence-corrected chi connectivity index (χ4v) is 20.2. The van der Waals surface area contributed by atoms with Crippen molar-refractivity contribution in [2.75, 3.05) is 0 Å². The standard InChI is InChI=1S/C44H29N3O.2C41H25N3O/c1-44(2)34-13-7-6-12-31(34)32-22-20-30(25-35(32)44)41-40(45-36-14-8-9-15-37(36)46-41)29-19-17-26-16-18-27-21-23-38-42(39(27)33(26)24-29)48-43(47-38)28-10-4-3-5-11-28;1-4-11-28(12-5-1)37-38(29-13-6-2-7-14-29)44-39-32(17-10-18-34(39)42-37)31-22-20-26-19-21-27-23-24-35-40(36(27)33(26)25-31)45-41(43-35)30-15-8-3-9-16-30;1-4-11-27(12-5-1)37-38(28-13-6-2-7-14-28)44-39-33(17-10-18-34(39)42-37)31-21-23-32-30(25-31)20-19-26-22-24-35-40(36(26)32)45-41(43-35)29-15-8-3-9-16-29/h3-25H,1-2H3;2*1-25H. The summed E-state index contributed by atoms with van der Waals surface area (Å²) in [6.45, 7) is 4.63. The van der Waals surface area contributed by atoms with Gasteiger partial charge in [0.25, 0.3) is 0 Å². The zero-order valence-corrected chi connectivity index (χ0v) is 74.9. The van der Waals surface area contributed by atoms with Crippen LogP contribution in [0.2, 0.25) is 0 Å². The number of para-hydroxylation sites is 4. The van der Waals surface area contributed by atoms with Gasteiger partial charge in [-0.3, -0.25) is 0 Å². The molecule has 0 N–H and O–H groups in total. The van der Waals surface area contributed by atoms with E-state index in [-0.39, 0.29) is 5.41 Å². The second-order valence-electron chi connectivity index (χ2n) is 35.7. The predicted octanol–water partition coefficient (Wildman–Crippen LogP) is 32.9. The molecule has 138 heavy (non-hydrogen) atoms. The van der Waals surface area contributed by atoms with Crippen LogP contribution in [0.1, 0.15) is 25.0 Å². The van der Waals surface area contributed by atoms with Gasteiger partial charge in [0, 0.05) is 82.8 Å². The van der Waals surface area contributed by atoms with E-state index in [1.807, 2.05) is 218 Å². The van der Waals surface area contributed by atoms with Crippen molar-refractivity contribution in [1.82, 2.24) is 44.9 Å². The Kier molecular flexibility index (Phi) is 19.3. The molecule has 28 rings (SSSR count). The van der Waals surface area contributed by atoms with E-state index in [2.05, 4.69) is 238 Å². The van der Waals surface area contributed by atoms with Crippen molar-refractivity contribution in [2.24, 2.45) is 0 Å². The minimum Gasteiger partial charge on any atom is -0.435 e. The molecular formula is C126H79N9O3. The summed E-state index contributed by atoms with van der Waals surface area (Å²) >= 11 is 0. The van der Waals surface area contributed by atoms with Crippen molar-refractivity contribution in [2.45, 2.75) is 19.3 Å². The fourth-order valence-electron chi connectivity index (χ4n) is 20.2. The quantitative estimate of drug-likeness (QED) is 0.113. The van der Waals surface area contributed by atoms with Gasteiger partial charge in [0.15, 0.2) is 16.7 Å². The molecule has 12 heteroatoms. The topological polar surface area (TPSA) is 155 Å². The van der Waals surface area contributed by atoms with Crippen molar-refractivity contribution in [1.29, 1.82) is 0 Å². The summed E-state index contributed by atoms with van der Waals surface area (Å²) in [4.78, 5) is 46.2. The van der Waals surface area contributed by atoms with Gasteiger partial charge in [-0.05, 0) is 185 Å². The van der Waals surface area contributed by atoms with Crippen LogP contribution in [0.4, 0.5) is 0 Å². The lowest BCUT2D eigenvalue weighted by Crippen LogP contribution is -2.15. The molecule has 6 aromatic heterocycles. The first-order chi connectivity index (χ1) is 68.1. The molecule has 1 aliphatic rings. The Morgan fingerprint density at radius 1 is 0.174 bits per heavy atom. The second-order valence-corrected chi connectivity index (χ2v) is 35.7. The summed E-state index contributed by atoms with van der Waals surface area (Å²) < 4.78 is 19.4. The number of benzene rings is 21. The molecule has 6 heterocycles. The van der Waals surface area contributed by atoms with E-state index in [0.717, 1.165) is 238 Å². The van der Waals surface area contributed by atoms with Crippen LogP contribution in [-0.2, 0) is 5.41 Å². The maximum absolute atomic E-state index is 6.52. The molecule has 0 amide bonds. The molecule has 0 radical (unpaired) electrons. The van der Waals surface area contributed by atoms with Crippen LogP contribution in [-0.4, -0.2) is 44.9 Å². The van der Waals surface area contributed by atoms with Crippen LogP contribution < -0.4 is 0 Å². The Hall–Kier alpha value is -18.4. The Bertz CT molecular complexity index is 9550. The van der Waals surface area contributed by atoms with E-state index in [1.54, 1.807) is 0 Å². The smallest absolute Gasteiger partial charge is 0.227 e. The van der Waals surface area contributed by atoms with Crippen LogP contribution in [0, 0.1) is 0 Å². The van der Waals surface area contributed by atoms with Crippen LogP contribution in [0.15, 0.2) is 456 Å². The van der Waals surface area contributed by atoms with E-state index < -0.39 is 0 Å². The van der Waals surface area contributed by atoms with Crippen LogP contribution >= 0.6 is 0 Å².